The molecule has 0 spiro atoms. The van der Waals surface area contributed by atoms with Crippen molar-refractivity contribution < 1.29 is 9.53 Å². The molecule has 2 rings (SSSR count). The number of fused-ring (bicyclic) bond motifs is 1. The third-order valence-electron chi connectivity index (χ3n) is 3.53. The average Bonchev–Trinajstić information content (AvgIpc) is 2.81. The molecule has 2 aromatic rings. The van der Waals surface area contributed by atoms with E-state index in [4.69, 9.17) is 10.5 Å². The first-order valence-corrected chi connectivity index (χ1v) is 7.17. The van der Waals surface area contributed by atoms with Gasteiger partial charge in [-0.25, -0.2) is 0 Å². The average molecular weight is 274 g/mol. The number of carbonyl (C=O) groups excluding carboxylic acids is 1. The Balaban J connectivity index is 2.31. The molecule has 0 amide bonds. The Kier molecular flexibility index (Phi) is 4.66. The lowest BCUT2D eigenvalue weighted by atomic mass is 9.91. The zero-order valence-electron chi connectivity index (χ0n) is 12.1. The molecule has 20 heavy (non-hydrogen) atoms. The number of nitrogens with two attached hydrogens (primary N) is 1. The van der Waals surface area contributed by atoms with Crippen LogP contribution in [0.25, 0.3) is 10.9 Å². The summed E-state index contributed by atoms with van der Waals surface area (Å²) in [6.45, 7) is 4.39. The van der Waals surface area contributed by atoms with Gasteiger partial charge in [0.2, 0.25) is 0 Å². The molecule has 3 N–H and O–H groups in total. The normalized spacial score (nSPS) is 12.5. The highest BCUT2D eigenvalue weighted by molar-refractivity contribution is 5.87. The van der Waals surface area contributed by atoms with Crippen molar-refractivity contribution in [2.24, 2.45) is 0 Å². The van der Waals surface area contributed by atoms with Gasteiger partial charge >= 0.3 is 5.97 Å². The van der Waals surface area contributed by atoms with Crippen LogP contribution in [0.4, 0.5) is 5.69 Å². The number of nitrogens with one attached hydrogen (secondary N) is 1. The first-order chi connectivity index (χ1) is 9.65. The van der Waals surface area contributed by atoms with E-state index in [2.05, 4.69) is 11.9 Å². The number of aromatic amines is 1. The number of esters is 1. The maximum atomic E-state index is 11.8. The van der Waals surface area contributed by atoms with Crippen LogP contribution >= 0.6 is 0 Å². The van der Waals surface area contributed by atoms with Crippen molar-refractivity contribution in [3.05, 3.63) is 30.0 Å². The summed E-state index contributed by atoms with van der Waals surface area (Å²) in [5, 5.41) is 1.10. The summed E-state index contributed by atoms with van der Waals surface area (Å²) < 4.78 is 5.08. The molecule has 4 nitrogen and oxygen atoms in total. The maximum Gasteiger partial charge on any atom is 0.306 e. The van der Waals surface area contributed by atoms with E-state index < -0.39 is 0 Å². The summed E-state index contributed by atoms with van der Waals surface area (Å²) in [4.78, 5) is 15.0. The van der Waals surface area contributed by atoms with E-state index in [-0.39, 0.29) is 11.9 Å². The number of carbonyl (C=O) groups is 1. The van der Waals surface area contributed by atoms with Gasteiger partial charge in [0.05, 0.1) is 13.0 Å². The van der Waals surface area contributed by atoms with Crippen LogP contribution in [0.2, 0.25) is 0 Å². The Bertz CT molecular complexity index is 589. The number of benzene rings is 1. The molecular weight excluding hydrogens is 252 g/mol. The Morgan fingerprint density at radius 1 is 1.40 bits per heavy atom. The Labute approximate surface area is 119 Å². The van der Waals surface area contributed by atoms with Gasteiger partial charge in [0.1, 0.15) is 0 Å². The Morgan fingerprint density at radius 2 is 2.20 bits per heavy atom. The summed E-state index contributed by atoms with van der Waals surface area (Å²) >= 11 is 0. The molecule has 4 heteroatoms. The van der Waals surface area contributed by atoms with Crippen molar-refractivity contribution >= 4 is 22.6 Å². The molecule has 1 atom stereocenters. The van der Waals surface area contributed by atoms with Gasteiger partial charge in [0.15, 0.2) is 0 Å². The standard InChI is InChI=1S/C16H22N2O2/c1-3-5-11(8-16(19)20-4-2)14-10-18-15-7-6-12(17)9-13(14)15/h6-7,9-11,18H,3-5,8,17H2,1-2H3. The van der Waals surface area contributed by atoms with Gasteiger partial charge in [0.25, 0.3) is 0 Å². The van der Waals surface area contributed by atoms with Gasteiger partial charge < -0.3 is 15.5 Å². The number of rotatable bonds is 6. The van der Waals surface area contributed by atoms with Crippen molar-refractivity contribution in [2.75, 3.05) is 12.3 Å². The van der Waals surface area contributed by atoms with Gasteiger partial charge in [-0.15, -0.1) is 0 Å². The molecule has 1 aromatic carbocycles. The van der Waals surface area contributed by atoms with Crippen LogP contribution in [0.1, 0.15) is 44.6 Å². The molecule has 0 bridgehead atoms. The topological polar surface area (TPSA) is 68.1 Å². The molecule has 1 unspecified atom stereocenters. The smallest absolute Gasteiger partial charge is 0.306 e. The highest BCUT2D eigenvalue weighted by Crippen LogP contribution is 2.32. The molecular formula is C16H22N2O2. The minimum Gasteiger partial charge on any atom is -0.466 e. The summed E-state index contributed by atoms with van der Waals surface area (Å²) in [7, 11) is 0. The van der Waals surface area contributed by atoms with Gasteiger partial charge in [-0.3, -0.25) is 4.79 Å². The first-order valence-electron chi connectivity index (χ1n) is 7.17. The quantitative estimate of drug-likeness (QED) is 0.625. The summed E-state index contributed by atoms with van der Waals surface area (Å²) in [6, 6.07) is 5.82. The number of hydrogen-bond acceptors (Lipinski definition) is 3. The third kappa shape index (κ3) is 3.13. The fourth-order valence-corrected chi connectivity index (χ4v) is 2.63. The molecule has 0 aliphatic carbocycles. The number of H-pyrrole nitrogens is 1. The second-order valence-corrected chi connectivity index (χ2v) is 5.04. The van der Waals surface area contributed by atoms with Crippen LogP contribution in [0.15, 0.2) is 24.4 Å². The highest BCUT2D eigenvalue weighted by Gasteiger charge is 2.19. The van der Waals surface area contributed by atoms with E-state index in [1.165, 1.54) is 0 Å². The second-order valence-electron chi connectivity index (χ2n) is 5.04. The summed E-state index contributed by atoms with van der Waals surface area (Å²) in [5.74, 6) is 0.0406. The Hall–Kier alpha value is -1.97. The molecule has 1 aromatic heterocycles. The highest BCUT2D eigenvalue weighted by atomic mass is 16.5. The first kappa shape index (κ1) is 14.4. The second kappa shape index (κ2) is 6.46. The van der Waals surface area contributed by atoms with E-state index in [1.54, 1.807) is 0 Å². The maximum absolute atomic E-state index is 11.8. The molecule has 0 fully saturated rings. The van der Waals surface area contributed by atoms with Crippen molar-refractivity contribution in [1.82, 2.24) is 4.98 Å². The van der Waals surface area contributed by atoms with Crippen LogP contribution in [0.5, 0.6) is 0 Å². The van der Waals surface area contributed by atoms with Gasteiger partial charge in [-0.05, 0) is 43.0 Å². The fraction of sp³-hybridized carbons (Fsp3) is 0.438. The van der Waals surface area contributed by atoms with E-state index in [0.717, 1.165) is 35.0 Å². The van der Waals surface area contributed by atoms with Gasteiger partial charge in [0, 0.05) is 22.8 Å². The summed E-state index contributed by atoms with van der Waals surface area (Å²) in [5.41, 5.74) is 8.82. The molecule has 108 valence electrons. The zero-order chi connectivity index (χ0) is 14.5. The van der Waals surface area contributed by atoms with Crippen molar-refractivity contribution in [3.8, 4) is 0 Å². The van der Waals surface area contributed by atoms with Crippen LogP contribution in [-0.4, -0.2) is 17.6 Å². The van der Waals surface area contributed by atoms with Crippen LogP contribution in [0.3, 0.4) is 0 Å². The molecule has 0 saturated heterocycles. The predicted molar refractivity (Wildman–Crippen MR) is 81.6 cm³/mol. The lowest BCUT2D eigenvalue weighted by Crippen LogP contribution is -2.10. The molecule has 0 radical (unpaired) electrons. The van der Waals surface area contributed by atoms with Crippen LogP contribution in [0, 0.1) is 0 Å². The molecule has 0 aliphatic rings. The van der Waals surface area contributed by atoms with E-state index in [9.17, 15) is 4.79 Å². The van der Waals surface area contributed by atoms with Crippen LogP contribution in [-0.2, 0) is 9.53 Å². The van der Waals surface area contributed by atoms with Crippen molar-refractivity contribution in [3.63, 3.8) is 0 Å². The lowest BCUT2D eigenvalue weighted by Gasteiger charge is -2.15. The molecule has 1 heterocycles. The minimum absolute atomic E-state index is 0.135. The zero-order valence-corrected chi connectivity index (χ0v) is 12.1. The summed E-state index contributed by atoms with van der Waals surface area (Å²) in [6.07, 6.45) is 4.40. The number of hydrogen-bond donors (Lipinski definition) is 2. The number of anilines is 1. The van der Waals surface area contributed by atoms with E-state index in [0.29, 0.717) is 13.0 Å². The Morgan fingerprint density at radius 3 is 2.90 bits per heavy atom. The van der Waals surface area contributed by atoms with Crippen LogP contribution < -0.4 is 5.73 Å². The predicted octanol–water partition coefficient (Wildman–Crippen LogP) is 3.59. The largest absolute Gasteiger partial charge is 0.466 e. The monoisotopic (exact) mass is 274 g/mol. The van der Waals surface area contributed by atoms with E-state index >= 15 is 0 Å². The third-order valence-corrected chi connectivity index (χ3v) is 3.53. The van der Waals surface area contributed by atoms with E-state index in [1.807, 2.05) is 31.3 Å². The molecule has 0 saturated carbocycles. The van der Waals surface area contributed by atoms with Gasteiger partial charge in [-0.1, -0.05) is 13.3 Å². The lowest BCUT2D eigenvalue weighted by molar-refractivity contribution is -0.143. The molecule has 0 aliphatic heterocycles. The number of ether oxygens (including phenoxy) is 1. The fourth-order valence-electron chi connectivity index (χ4n) is 2.63. The van der Waals surface area contributed by atoms with Gasteiger partial charge in [-0.2, -0.15) is 0 Å². The van der Waals surface area contributed by atoms with Crippen molar-refractivity contribution in [1.29, 1.82) is 0 Å². The number of nitrogen functional groups attached to an aromatic ring is 1. The number of aromatic nitrogens is 1. The minimum atomic E-state index is -0.135. The van der Waals surface area contributed by atoms with Crippen molar-refractivity contribution in [2.45, 2.75) is 39.0 Å². The SMILES string of the molecule is CCCC(CC(=O)OCC)c1c[nH]c2ccc(N)cc12.